The summed E-state index contributed by atoms with van der Waals surface area (Å²) in [6, 6.07) is 0. The van der Waals surface area contributed by atoms with Gasteiger partial charge in [-0.3, -0.25) is 4.79 Å². The first-order valence-corrected chi connectivity index (χ1v) is 12.5. The number of amides is 1. The van der Waals surface area contributed by atoms with Gasteiger partial charge in [-0.15, -0.1) is 0 Å². The highest BCUT2D eigenvalue weighted by Crippen LogP contribution is 2.62. The monoisotopic (exact) mass is 437 g/mol. The molecule has 5 aliphatic rings. The fraction of sp³-hybridized carbons (Fsp3) is 0.810. The number of aliphatic hydroxyl groups is 1. The Morgan fingerprint density at radius 1 is 1.13 bits per heavy atom. The molecule has 1 saturated heterocycles. The molecule has 166 valence electrons. The molecule has 1 amide bonds. The summed E-state index contributed by atoms with van der Waals surface area (Å²) >= 11 is 0. The molecule has 0 aromatic carbocycles. The molecule has 5 fully saturated rings. The van der Waals surface area contributed by atoms with Crippen molar-refractivity contribution in [3.8, 4) is 0 Å². The van der Waals surface area contributed by atoms with E-state index in [1.807, 2.05) is 4.90 Å². The van der Waals surface area contributed by atoms with Crippen molar-refractivity contribution < 1.29 is 22.8 Å². The first-order valence-electron chi connectivity index (χ1n) is 11.0. The minimum atomic E-state index is -3.67. The van der Waals surface area contributed by atoms with Gasteiger partial charge in [0.2, 0.25) is 15.9 Å². The van der Waals surface area contributed by atoms with Crippen LogP contribution in [0.25, 0.3) is 0 Å². The van der Waals surface area contributed by atoms with Gasteiger partial charge in [0, 0.05) is 32.6 Å². The normalized spacial score (nSPS) is 36.4. The number of hydrogen-bond donors (Lipinski definition) is 1. The lowest BCUT2D eigenvalue weighted by molar-refractivity contribution is -0.172. The van der Waals surface area contributed by atoms with Crippen molar-refractivity contribution in [1.29, 1.82) is 0 Å². The molecular formula is C21H31N3O5S. The molecule has 8 nitrogen and oxygen atoms in total. The second kappa shape index (κ2) is 6.77. The highest BCUT2D eigenvalue weighted by atomic mass is 32.2. The molecule has 1 N–H and O–H groups in total. The molecule has 0 radical (unpaired) electrons. The quantitative estimate of drug-likeness (QED) is 0.771. The summed E-state index contributed by atoms with van der Waals surface area (Å²) in [4.78, 5) is 15.1. The minimum absolute atomic E-state index is 0.0597. The van der Waals surface area contributed by atoms with Crippen molar-refractivity contribution in [1.82, 2.24) is 14.4 Å². The summed E-state index contributed by atoms with van der Waals surface area (Å²) in [6.07, 6.45) is 6.35. The van der Waals surface area contributed by atoms with Crippen molar-refractivity contribution >= 4 is 15.9 Å². The summed E-state index contributed by atoms with van der Waals surface area (Å²) < 4.78 is 32.5. The largest absolute Gasteiger partial charge is 0.390 e. The summed E-state index contributed by atoms with van der Waals surface area (Å²) in [5, 5.41) is 14.7. The minimum Gasteiger partial charge on any atom is -0.390 e. The van der Waals surface area contributed by atoms with Gasteiger partial charge in [-0.05, 0) is 69.6 Å². The molecular weight excluding hydrogens is 406 g/mol. The Bertz CT molecular complexity index is 930. The summed E-state index contributed by atoms with van der Waals surface area (Å²) in [5.41, 5.74) is -0.257. The Kier molecular flexibility index (Phi) is 4.62. The fourth-order valence-electron chi connectivity index (χ4n) is 7.19. The van der Waals surface area contributed by atoms with E-state index in [2.05, 4.69) is 5.16 Å². The Labute approximate surface area is 177 Å². The first kappa shape index (κ1) is 20.5. The molecule has 1 aromatic heterocycles. The van der Waals surface area contributed by atoms with E-state index < -0.39 is 15.6 Å². The van der Waals surface area contributed by atoms with Gasteiger partial charge in [-0.1, -0.05) is 5.16 Å². The third-order valence-electron chi connectivity index (χ3n) is 7.83. The van der Waals surface area contributed by atoms with Crippen molar-refractivity contribution in [2.24, 2.45) is 17.3 Å². The highest BCUT2D eigenvalue weighted by molar-refractivity contribution is 7.89. The highest BCUT2D eigenvalue weighted by Gasteiger charge is 2.57. The van der Waals surface area contributed by atoms with Crippen LogP contribution in [0.15, 0.2) is 9.42 Å². The lowest BCUT2D eigenvalue weighted by atomic mass is 9.47. The predicted octanol–water partition coefficient (Wildman–Crippen LogP) is 1.85. The number of rotatable bonds is 4. The molecule has 4 saturated carbocycles. The van der Waals surface area contributed by atoms with Crippen LogP contribution in [-0.2, 0) is 14.8 Å². The van der Waals surface area contributed by atoms with Crippen LogP contribution < -0.4 is 0 Å². The number of carbonyl (C=O) groups excluding carboxylic acids is 1. The molecule has 0 spiro atoms. The van der Waals surface area contributed by atoms with Crippen LogP contribution in [0.5, 0.6) is 0 Å². The zero-order valence-electron chi connectivity index (χ0n) is 17.8. The van der Waals surface area contributed by atoms with Crippen molar-refractivity contribution in [3.63, 3.8) is 0 Å². The van der Waals surface area contributed by atoms with Crippen LogP contribution in [-0.4, -0.2) is 65.6 Å². The van der Waals surface area contributed by atoms with E-state index in [4.69, 9.17) is 4.52 Å². The smallest absolute Gasteiger partial charge is 0.248 e. The van der Waals surface area contributed by atoms with E-state index in [0.717, 1.165) is 32.1 Å². The van der Waals surface area contributed by atoms with Gasteiger partial charge in [0.05, 0.1) is 5.60 Å². The Balaban J connectivity index is 1.24. The predicted molar refractivity (Wildman–Crippen MR) is 108 cm³/mol. The molecule has 4 bridgehead atoms. The zero-order chi connectivity index (χ0) is 21.3. The second-order valence-corrected chi connectivity index (χ2v) is 12.2. The average molecular weight is 438 g/mol. The van der Waals surface area contributed by atoms with Crippen LogP contribution in [0.4, 0.5) is 0 Å². The number of carbonyl (C=O) groups is 1. The van der Waals surface area contributed by atoms with Crippen LogP contribution in [0, 0.1) is 31.1 Å². The molecule has 2 atom stereocenters. The van der Waals surface area contributed by atoms with E-state index in [1.54, 1.807) is 13.8 Å². The fourth-order valence-corrected chi connectivity index (χ4v) is 8.90. The van der Waals surface area contributed by atoms with Crippen molar-refractivity contribution in [2.45, 2.75) is 69.3 Å². The summed E-state index contributed by atoms with van der Waals surface area (Å²) in [5.74, 6) is 1.52. The van der Waals surface area contributed by atoms with Gasteiger partial charge in [-0.25, -0.2) is 8.42 Å². The summed E-state index contributed by atoms with van der Waals surface area (Å²) in [7, 11) is -3.67. The molecule has 1 aromatic rings. The lowest BCUT2D eigenvalue weighted by Crippen LogP contribution is -2.57. The van der Waals surface area contributed by atoms with Crippen LogP contribution in [0.2, 0.25) is 0 Å². The third kappa shape index (κ3) is 3.29. The molecule has 4 aliphatic carbocycles. The maximum absolute atomic E-state index is 13.1. The topological polar surface area (TPSA) is 104 Å². The Morgan fingerprint density at radius 3 is 2.30 bits per heavy atom. The molecule has 30 heavy (non-hydrogen) atoms. The van der Waals surface area contributed by atoms with E-state index in [0.29, 0.717) is 42.8 Å². The summed E-state index contributed by atoms with van der Waals surface area (Å²) in [6.45, 7) is 4.58. The number of sulfonamides is 1. The molecule has 0 unspecified atom stereocenters. The lowest BCUT2D eigenvalue weighted by Gasteiger charge is -2.60. The standard InChI is InChI=1S/C21H31N3O5S/c1-14-19(15(2)29-22-14)30(27,28)24-5-3-23(4-6-24)18(25)12-20-8-16-7-17(9-20)11-21(26,10-16)13-20/h16-17,26H,3-13H2,1-2H3/t16-,17-,20?,21?/m1/s1. The van der Waals surface area contributed by atoms with Gasteiger partial charge >= 0.3 is 0 Å². The maximum atomic E-state index is 13.1. The zero-order valence-corrected chi connectivity index (χ0v) is 18.6. The number of aromatic nitrogens is 1. The average Bonchev–Trinajstić information content (AvgIpc) is 2.98. The number of piperazine rings is 1. The maximum Gasteiger partial charge on any atom is 0.248 e. The number of aryl methyl sites for hydroxylation is 2. The van der Waals surface area contributed by atoms with Gasteiger partial charge < -0.3 is 14.5 Å². The SMILES string of the molecule is Cc1noc(C)c1S(=O)(=O)N1CCN(C(=O)CC23C[C@H]4C[C@@H](CC(O)(C4)C2)C3)CC1. The van der Waals surface area contributed by atoms with E-state index in [9.17, 15) is 18.3 Å². The van der Waals surface area contributed by atoms with Gasteiger partial charge in [0.1, 0.15) is 10.6 Å². The number of nitrogens with zero attached hydrogens (tertiary/aromatic N) is 3. The van der Waals surface area contributed by atoms with Crippen LogP contribution in [0.3, 0.4) is 0 Å². The van der Waals surface area contributed by atoms with Crippen LogP contribution >= 0.6 is 0 Å². The molecule has 1 aliphatic heterocycles. The first-order chi connectivity index (χ1) is 14.1. The van der Waals surface area contributed by atoms with E-state index in [1.165, 1.54) is 10.7 Å². The van der Waals surface area contributed by atoms with Gasteiger partial charge in [0.15, 0.2) is 5.76 Å². The van der Waals surface area contributed by atoms with Gasteiger partial charge in [-0.2, -0.15) is 4.31 Å². The second-order valence-electron chi connectivity index (χ2n) is 10.3. The van der Waals surface area contributed by atoms with Crippen molar-refractivity contribution in [3.05, 3.63) is 11.5 Å². The Morgan fingerprint density at radius 2 is 1.77 bits per heavy atom. The van der Waals surface area contributed by atoms with Crippen LogP contribution in [0.1, 0.15) is 56.4 Å². The molecule has 2 heterocycles. The van der Waals surface area contributed by atoms with E-state index in [-0.39, 0.29) is 29.3 Å². The Hall–Kier alpha value is -1.45. The van der Waals surface area contributed by atoms with Crippen molar-refractivity contribution in [2.75, 3.05) is 26.2 Å². The third-order valence-corrected chi connectivity index (χ3v) is 9.98. The molecule has 6 rings (SSSR count). The number of hydrogen-bond acceptors (Lipinski definition) is 6. The van der Waals surface area contributed by atoms with E-state index >= 15 is 0 Å². The molecule has 9 heteroatoms. The van der Waals surface area contributed by atoms with Gasteiger partial charge in [0.25, 0.3) is 0 Å².